The molecule has 1 fully saturated rings. The van der Waals surface area contributed by atoms with Gasteiger partial charge in [-0.1, -0.05) is 19.3 Å². The zero-order valence-electron chi connectivity index (χ0n) is 14.5. The van der Waals surface area contributed by atoms with E-state index in [1.54, 1.807) is 0 Å². The average Bonchev–Trinajstić information content (AvgIpc) is 2.60. The Bertz CT molecular complexity index is 684. The number of nitrogens with one attached hydrogen (secondary N) is 1. The van der Waals surface area contributed by atoms with Crippen molar-refractivity contribution in [2.75, 3.05) is 20.3 Å². The summed E-state index contributed by atoms with van der Waals surface area (Å²) in [6.45, 7) is 1.04. The van der Waals surface area contributed by atoms with Gasteiger partial charge < -0.3 is 14.8 Å². The first kappa shape index (κ1) is 19.7. The molecule has 0 radical (unpaired) electrons. The summed E-state index contributed by atoms with van der Waals surface area (Å²) in [5.41, 5.74) is 0.141. The fourth-order valence-electron chi connectivity index (χ4n) is 2.89. The lowest BCUT2D eigenvalue weighted by molar-refractivity contribution is 0.0273. The van der Waals surface area contributed by atoms with Gasteiger partial charge in [-0.3, -0.25) is 4.79 Å². The second kappa shape index (κ2) is 9.17. The van der Waals surface area contributed by atoms with Crippen LogP contribution in [0.1, 0.15) is 48.9 Å². The van der Waals surface area contributed by atoms with E-state index in [-0.39, 0.29) is 10.5 Å². The normalized spacial score (nSPS) is 15.8. The maximum atomic E-state index is 12.3. The summed E-state index contributed by atoms with van der Waals surface area (Å²) in [5, 5.41) is 7.87. The molecule has 2 rings (SSSR count). The number of carbonyl (C=O) groups is 1. The number of amides is 1. The van der Waals surface area contributed by atoms with E-state index in [9.17, 15) is 13.2 Å². The van der Waals surface area contributed by atoms with Crippen molar-refractivity contribution in [3.63, 3.8) is 0 Å². The first-order valence-electron chi connectivity index (χ1n) is 8.52. The molecule has 0 atom stereocenters. The maximum Gasteiger partial charge on any atom is 0.255 e. The van der Waals surface area contributed by atoms with Crippen LogP contribution < -0.4 is 15.2 Å². The van der Waals surface area contributed by atoms with Gasteiger partial charge in [0.05, 0.1) is 23.7 Å². The van der Waals surface area contributed by atoms with Crippen molar-refractivity contribution in [3.8, 4) is 5.75 Å². The molecule has 0 bridgehead atoms. The second-order valence-electron chi connectivity index (χ2n) is 6.15. The summed E-state index contributed by atoms with van der Waals surface area (Å²) in [5.74, 6) is -0.108. The van der Waals surface area contributed by atoms with Gasteiger partial charge in [0.25, 0.3) is 5.91 Å². The number of hydrogen-bond donors (Lipinski definition) is 2. The van der Waals surface area contributed by atoms with Crippen LogP contribution in [0, 0.1) is 0 Å². The van der Waals surface area contributed by atoms with Gasteiger partial charge in [-0.05, 0) is 37.5 Å². The van der Waals surface area contributed by atoms with E-state index in [0.717, 1.165) is 12.8 Å². The molecule has 0 aliphatic heterocycles. The summed E-state index contributed by atoms with van der Waals surface area (Å²) >= 11 is 0. The van der Waals surface area contributed by atoms with Gasteiger partial charge in [-0.15, -0.1) is 0 Å². The Kier molecular flexibility index (Phi) is 7.22. The van der Waals surface area contributed by atoms with Crippen molar-refractivity contribution in [3.05, 3.63) is 23.8 Å². The first-order valence-corrected chi connectivity index (χ1v) is 10.1. The summed E-state index contributed by atoms with van der Waals surface area (Å²) in [6.07, 6.45) is 7.00. The Labute approximate surface area is 148 Å². The lowest BCUT2D eigenvalue weighted by atomic mass is 9.98. The van der Waals surface area contributed by atoms with Crippen LogP contribution in [-0.4, -0.2) is 40.7 Å². The molecular formula is C17H26N2O5S. The van der Waals surface area contributed by atoms with Gasteiger partial charge in [0, 0.05) is 13.2 Å². The number of carbonyl (C=O) groups excluding carboxylic acids is 1. The van der Waals surface area contributed by atoms with Crippen LogP contribution >= 0.6 is 0 Å². The van der Waals surface area contributed by atoms with Gasteiger partial charge >= 0.3 is 0 Å². The summed E-state index contributed by atoms with van der Waals surface area (Å²) in [4.78, 5) is 12.2. The zero-order chi connectivity index (χ0) is 18.3. The minimum atomic E-state index is -3.88. The molecule has 0 heterocycles. The fourth-order valence-corrected chi connectivity index (χ4v) is 3.43. The largest absolute Gasteiger partial charge is 0.496 e. The second-order valence-corrected chi connectivity index (χ2v) is 7.71. The number of ether oxygens (including phenoxy) is 2. The molecule has 1 amide bonds. The van der Waals surface area contributed by atoms with Crippen LogP contribution in [0.15, 0.2) is 23.1 Å². The monoisotopic (exact) mass is 370 g/mol. The van der Waals surface area contributed by atoms with Crippen LogP contribution in [0.5, 0.6) is 5.75 Å². The van der Waals surface area contributed by atoms with Crippen LogP contribution in [0.3, 0.4) is 0 Å². The molecule has 140 valence electrons. The summed E-state index contributed by atoms with van der Waals surface area (Å²) < 4.78 is 33.8. The molecule has 0 aromatic heterocycles. The van der Waals surface area contributed by atoms with E-state index in [0.29, 0.717) is 31.4 Å². The van der Waals surface area contributed by atoms with Crippen molar-refractivity contribution >= 4 is 15.9 Å². The molecule has 0 saturated heterocycles. The molecule has 1 aromatic carbocycles. The van der Waals surface area contributed by atoms with Crippen molar-refractivity contribution in [2.24, 2.45) is 5.14 Å². The third kappa shape index (κ3) is 5.98. The minimum Gasteiger partial charge on any atom is -0.496 e. The molecule has 1 aliphatic rings. The van der Waals surface area contributed by atoms with E-state index in [2.05, 4.69) is 5.32 Å². The molecule has 25 heavy (non-hydrogen) atoms. The van der Waals surface area contributed by atoms with Crippen molar-refractivity contribution in [2.45, 2.75) is 49.5 Å². The molecule has 0 spiro atoms. The zero-order valence-corrected chi connectivity index (χ0v) is 15.3. The molecular weight excluding hydrogens is 344 g/mol. The van der Waals surface area contributed by atoms with Gasteiger partial charge in [-0.2, -0.15) is 0 Å². The highest BCUT2D eigenvalue weighted by molar-refractivity contribution is 7.89. The number of benzene rings is 1. The van der Waals surface area contributed by atoms with Crippen LogP contribution in [0.25, 0.3) is 0 Å². The Morgan fingerprint density at radius 1 is 1.28 bits per heavy atom. The highest BCUT2D eigenvalue weighted by atomic mass is 32.2. The Hall–Kier alpha value is -1.64. The number of hydrogen-bond acceptors (Lipinski definition) is 5. The standard InChI is InChI=1S/C17H26N2O5S/c1-23-16-9-8-14(25(18,21)22)12-15(16)17(20)19-10-5-11-24-13-6-3-2-4-7-13/h8-9,12-13H,2-7,10-11H2,1H3,(H,19,20)(H2,18,21,22). The Morgan fingerprint density at radius 3 is 2.64 bits per heavy atom. The smallest absolute Gasteiger partial charge is 0.255 e. The minimum absolute atomic E-state index is 0.126. The lowest BCUT2D eigenvalue weighted by Crippen LogP contribution is -2.27. The van der Waals surface area contributed by atoms with Crippen LogP contribution in [0.4, 0.5) is 0 Å². The predicted octanol–water partition coefficient (Wildman–Crippen LogP) is 1.81. The van der Waals surface area contributed by atoms with Gasteiger partial charge in [-0.25, -0.2) is 13.6 Å². The van der Waals surface area contributed by atoms with Gasteiger partial charge in [0.1, 0.15) is 5.75 Å². The van der Waals surface area contributed by atoms with Gasteiger partial charge in [0.2, 0.25) is 10.0 Å². The van der Waals surface area contributed by atoms with Crippen molar-refractivity contribution in [1.29, 1.82) is 0 Å². The molecule has 1 aliphatic carbocycles. The Balaban J connectivity index is 1.85. The number of nitrogens with two attached hydrogens (primary N) is 1. The van der Waals surface area contributed by atoms with Crippen molar-refractivity contribution < 1.29 is 22.7 Å². The third-order valence-electron chi connectivity index (χ3n) is 4.26. The molecule has 0 unspecified atom stereocenters. The van der Waals surface area contributed by atoms with E-state index in [1.807, 2.05) is 0 Å². The highest BCUT2D eigenvalue weighted by Crippen LogP contribution is 2.22. The molecule has 8 heteroatoms. The number of rotatable bonds is 8. The van der Waals surface area contributed by atoms with E-state index < -0.39 is 15.9 Å². The average molecular weight is 370 g/mol. The number of sulfonamides is 1. The molecule has 1 saturated carbocycles. The number of methoxy groups -OCH3 is 1. The summed E-state index contributed by atoms with van der Waals surface area (Å²) in [6, 6.07) is 3.95. The van der Waals surface area contributed by atoms with E-state index in [4.69, 9.17) is 14.6 Å². The van der Waals surface area contributed by atoms with Crippen molar-refractivity contribution in [1.82, 2.24) is 5.32 Å². The SMILES string of the molecule is COc1ccc(S(N)(=O)=O)cc1C(=O)NCCCOC1CCCCC1. The van der Waals surface area contributed by atoms with Crippen LogP contribution in [0.2, 0.25) is 0 Å². The fraction of sp³-hybridized carbons (Fsp3) is 0.588. The van der Waals surface area contributed by atoms with E-state index in [1.165, 1.54) is 44.6 Å². The quantitative estimate of drug-likeness (QED) is 0.679. The van der Waals surface area contributed by atoms with Gasteiger partial charge in [0.15, 0.2) is 0 Å². The Morgan fingerprint density at radius 2 is 2.00 bits per heavy atom. The third-order valence-corrected chi connectivity index (χ3v) is 5.17. The molecule has 3 N–H and O–H groups in total. The van der Waals surface area contributed by atoms with E-state index >= 15 is 0 Å². The topological polar surface area (TPSA) is 108 Å². The predicted molar refractivity (Wildman–Crippen MR) is 94.1 cm³/mol. The summed E-state index contributed by atoms with van der Waals surface area (Å²) in [7, 11) is -2.46. The number of primary sulfonamides is 1. The molecule has 1 aromatic rings. The first-order chi connectivity index (χ1) is 11.9. The van der Waals surface area contributed by atoms with Crippen LogP contribution in [-0.2, 0) is 14.8 Å². The maximum absolute atomic E-state index is 12.3. The lowest BCUT2D eigenvalue weighted by Gasteiger charge is -2.21. The molecule has 7 nitrogen and oxygen atoms in total. The highest BCUT2D eigenvalue weighted by Gasteiger charge is 2.17.